The van der Waals surface area contributed by atoms with Gasteiger partial charge in [-0.3, -0.25) is 4.79 Å². The molecule has 0 aliphatic heterocycles. The number of halogens is 1. The number of ether oxygens (including phenoxy) is 1. The molecule has 0 unspecified atom stereocenters. The maximum Gasteiger partial charge on any atom is 0.351 e. The Morgan fingerprint density at radius 3 is 2.68 bits per heavy atom. The second-order valence-corrected chi connectivity index (χ2v) is 8.17. The molecule has 31 heavy (non-hydrogen) atoms. The SMILES string of the molecule is CC(C)c1ccc(Oc2nccn3c(=O)n(CC(=O)Nc4cccc(Br)c4)nc23)cc1. The van der Waals surface area contributed by atoms with Gasteiger partial charge < -0.3 is 10.1 Å². The number of nitrogens with one attached hydrogen (secondary N) is 1. The average molecular weight is 482 g/mol. The molecular formula is C22H20BrN5O3. The summed E-state index contributed by atoms with van der Waals surface area (Å²) in [4.78, 5) is 29.3. The predicted molar refractivity (Wildman–Crippen MR) is 121 cm³/mol. The van der Waals surface area contributed by atoms with Crippen LogP contribution in [0, 0.1) is 0 Å². The van der Waals surface area contributed by atoms with Crippen LogP contribution in [0.1, 0.15) is 25.3 Å². The lowest BCUT2D eigenvalue weighted by atomic mass is 10.0. The van der Waals surface area contributed by atoms with Gasteiger partial charge >= 0.3 is 5.69 Å². The molecule has 0 radical (unpaired) electrons. The van der Waals surface area contributed by atoms with Crippen LogP contribution < -0.4 is 15.7 Å². The lowest BCUT2D eigenvalue weighted by molar-refractivity contribution is -0.117. The number of benzene rings is 2. The number of fused-ring (bicyclic) bond motifs is 1. The monoisotopic (exact) mass is 481 g/mol. The van der Waals surface area contributed by atoms with E-state index in [4.69, 9.17) is 4.74 Å². The molecule has 2 aromatic carbocycles. The summed E-state index contributed by atoms with van der Waals surface area (Å²) in [6, 6.07) is 14.9. The van der Waals surface area contributed by atoms with E-state index in [9.17, 15) is 9.59 Å². The van der Waals surface area contributed by atoms with Crippen molar-refractivity contribution in [2.24, 2.45) is 0 Å². The highest BCUT2D eigenvalue weighted by atomic mass is 79.9. The van der Waals surface area contributed by atoms with Gasteiger partial charge in [-0.05, 0) is 41.8 Å². The molecule has 2 aromatic heterocycles. The molecule has 0 spiro atoms. The molecular weight excluding hydrogens is 462 g/mol. The van der Waals surface area contributed by atoms with E-state index in [-0.39, 0.29) is 24.0 Å². The van der Waals surface area contributed by atoms with Crippen molar-refractivity contribution in [1.29, 1.82) is 0 Å². The minimum absolute atomic E-state index is 0.183. The Labute approximate surface area is 186 Å². The van der Waals surface area contributed by atoms with Crippen molar-refractivity contribution in [1.82, 2.24) is 19.2 Å². The van der Waals surface area contributed by atoms with Gasteiger partial charge in [-0.25, -0.2) is 18.9 Å². The molecule has 0 aliphatic rings. The van der Waals surface area contributed by atoms with Crippen LogP contribution >= 0.6 is 15.9 Å². The second-order valence-electron chi connectivity index (χ2n) is 7.25. The van der Waals surface area contributed by atoms with Crippen molar-refractivity contribution < 1.29 is 9.53 Å². The number of rotatable bonds is 6. The molecule has 4 rings (SSSR count). The van der Waals surface area contributed by atoms with Crippen LogP contribution in [0.25, 0.3) is 5.65 Å². The number of anilines is 1. The fourth-order valence-electron chi connectivity index (χ4n) is 3.04. The van der Waals surface area contributed by atoms with Crippen LogP contribution in [0.15, 0.2) is 70.2 Å². The van der Waals surface area contributed by atoms with E-state index in [1.807, 2.05) is 30.3 Å². The summed E-state index contributed by atoms with van der Waals surface area (Å²) in [5, 5.41) is 7.01. The van der Waals surface area contributed by atoms with Crippen LogP contribution in [-0.4, -0.2) is 25.1 Å². The molecule has 8 nitrogen and oxygen atoms in total. The highest BCUT2D eigenvalue weighted by Gasteiger charge is 2.16. The number of hydrogen-bond acceptors (Lipinski definition) is 5. The zero-order valence-corrected chi connectivity index (χ0v) is 18.5. The zero-order valence-electron chi connectivity index (χ0n) is 16.9. The quantitative estimate of drug-likeness (QED) is 0.445. The maximum atomic E-state index is 12.7. The molecule has 4 aromatic rings. The zero-order chi connectivity index (χ0) is 22.0. The molecule has 0 fully saturated rings. The van der Waals surface area contributed by atoms with Gasteiger partial charge in [0, 0.05) is 22.6 Å². The van der Waals surface area contributed by atoms with Crippen molar-refractivity contribution in [3.63, 3.8) is 0 Å². The summed E-state index contributed by atoms with van der Waals surface area (Å²) < 4.78 is 9.08. The van der Waals surface area contributed by atoms with Gasteiger partial charge in [-0.2, -0.15) is 0 Å². The minimum atomic E-state index is -0.457. The second kappa shape index (κ2) is 8.73. The average Bonchev–Trinajstić information content (AvgIpc) is 3.05. The Bertz CT molecular complexity index is 1290. The van der Waals surface area contributed by atoms with Gasteiger partial charge in [0.2, 0.25) is 11.6 Å². The Balaban J connectivity index is 1.57. The summed E-state index contributed by atoms with van der Waals surface area (Å²) in [6.07, 6.45) is 2.95. The van der Waals surface area contributed by atoms with Crippen LogP contribution in [0.4, 0.5) is 5.69 Å². The molecule has 0 saturated carbocycles. The Kier molecular flexibility index (Phi) is 5.85. The highest BCUT2D eigenvalue weighted by molar-refractivity contribution is 9.10. The van der Waals surface area contributed by atoms with Gasteiger partial charge in [0.25, 0.3) is 5.88 Å². The Morgan fingerprint density at radius 1 is 1.19 bits per heavy atom. The van der Waals surface area contributed by atoms with Gasteiger partial charge in [0.1, 0.15) is 12.3 Å². The number of nitrogens with zero attached hydrogens (tertiary/aromatic N) is 4. The Morgan fingerprint density at radius 2 is 1.97 bits per heavy atom. The van der Waals surface area contributed by atoms with Crippen molar-refractivity contribution in [2.75, 3.05) is 5.32 Å². The number of carbonyl (C=O) groups excluding carboxylic acids is 1. The summed E-state index contributed by atoms with van der Waals surface area (Å²) in [5.41, 5.74) is 1.58. The first-order valence-corrected chi connectivity index (χ1v) is 10.5. The number of amides is 1. The van der Waals surface area contributed by atoms with E-state index in [1.165, 1.54) is 22.4 Å². The van der Waals surface area contributed by atoms with Crippen LogP contribution in [0.5, 0.6) is 11.6 Å². The third kappa shape index (κ3) is 4.66. The van der Waals surface area contributed by atoms with E-state index >= 15 is 0 Å². The van der Waals surface area contributed by atoms with E-state index in [0.29, 0.717) is 17.4 Å². The molecule has 1 N–H and O–H groups in total. The third-order valence-corrected chi connectivity index (χ3v) is 5.13. The largest absolute Gasteiger partial charge is 0.436 e. The van der Waals surface area contributed by atoms with Gasteiger partial charge in [-0.15, -0.1) is 5.10 Å². The molecule has 0 atom stereocenters. The van der Waals surface area contributed by atoms with Crippen LogP contribution in [0.3, 0.4) is 0 Å². The third-order valence-electron chi connectivity index (χ3n) is 4.63. The van der Waals surface area contributed by atoms with Crippen molar-refractivity contribution in [3.8, 4) is 11.6 Å². The highest BCUT2D eigenvalue weighted by Crippen LogP contribution is 2.24. The minimum Gasteiger partial charge on any atom is -0.436 e. The van der Waals surface area contributed by atoms with Crippen molar-refractivity contribution in [3.05, 3.63) is 81.4 Å². The molecule has 1 amide bonds. The standard InChI is InChI=1S/C22H20BrN5O3/c1-14(2)15-6-8-18(9-7-15)31-21-20-26-28(22(30)27(20)11-10-24-21)13-19(29)25-17-5-3-4-16(23)12-17/h3-12,14H,13H2,1-2H3,(H,25,29). The summed E-state index contributed by atoms with van der Waals surface area (Å²) >= 11 is 3.36. The Hall–Kier alpha value is -3.46. The van der Waals surface area contributed by atoms with Crippen molar-refractivity contribution >= 4 is 33.2 Å². The van der Waals surface area contributed by atoms with Crippen LogP contribution in [-0.2, 0) is 11.3 Å². The number of aromatic nitrogens is 4. The first-order chi connectivity index (χ1) is 14.9. The van der Waals surface area contributed by atoms with E-state index in [0.717, 1.165) is 9.15 Å². The first kappa shape index (κ1) is 20.8. The van der Waals surface area contributed by atoms with Crippen LogP contribution in [0.2, 0.25) is 0 Å². The van der Waals surface area contributed by atoms with Gasteiger partial charge in [0.15, 0.2) is 0 Å². The summed E-state index contributed by atoms with van der Waals surface area (Å²) in [6.45, 7) is 3.99. The topological polar surface area (TPSA) is 90.5 Å². The normalized spacial score (nSPS) is 11.1. The molecule has 2 heterocycles. The predicted octanol–water partition coefficient (Wildman–Crippen LogP) is 4.21. The van der Waals surface area contributed by atoms with Gasteiger partial charge in [0.05, 0.1) is 0 Å². The van der Waals surface area contributed by atoms with Crippen molar-refractivity contribution in [2.45, 2.75) is 26.3 Å². The molecule has 9 heteroatoms. The fourth-order valence-corrected chi connectivity index (χ4v) is 3.44. The maximum absolute atomic E-state index is 12.7. The lowest BCUT2D eigenvalue weighted by Crippen LogP contribution is -2.28. The fraction of sp³-hybridized carbons (Fsp3) is 0.182. The smallest absolute Gasteiger partial charge is 0.351 e. The molecule has 158 valence electrons. The van der Waals surface area contributed by atoms with E-state index in [2.05, 4.69) is 45.2 Å². The van der Waals surface area contributed by atoms with Gasteiger partial charge in [-0.1, -0.05) is 48.0 Å². The van der Waals surface area contributed by atoms with E-state index < -0.39 is 5.69 Å². The number of hydrogen-bond donors (Lipinski definition) is 1. The molecule has 0 bridgehead atoms. The summed E-state index contributed by atoms with van der Waals surface area (Å²) in [5.74, 6) is 0.804. The molecule has 0 aliphatic carbocycles. The first-order valence-electron chi connectivity index (χ1n) is 9.68. The van der Waals surface area contributed by atoms with E-state index in [1.54, 1.807) is 18.2 Å². The lowest BCUT2D eigenvalue weighted by Gasteiger charge is -2.08. The molecule has 0 saturated heterocycles. The summed E-state index contributed by atoms with van der Waals surface area (Å²) in [7, 11) is 0. The number of carbonyl (C=O) groups is 1.